The summed E-state index contributed by atoms with van der Waals surface area (Å²) in [5, 5.41) is 9.37. The van der Waals surface area contributed by atoms with Crippen LogP contribution in [0.3, 0.4) is 0 Å². The summed E-state index contributed by atoms with van der Waals surface area (Å²) in [6, 6.07) is 7.60. The van der Waals surface area contributed by atoms with Gasteiger partial charge in [0.25, 0.3) is 0 Å². The van der Waals surface area contributed by atoms with Gasteiger partial charge in [0, 0.05) is 18.0 Å². The number of carboxylic acid groups (broad SMARTS) is 1. The molecule has 3 rings (SSSR count). The lowest BCUT2D eigenvalue weighted by Gasteiger charge is -2.16. The second kappa shape index (κ2) is 6.83. The molecule has 6 heteroatoms. The highest BCUT2D eigenvalue weighted by molar-refractivity contribution is 8.00. The molecule has 0 aromatic heterocycles. The molecule has 1 aliphatic heterocycles. The van der Waals surface area contributed by atoms with Crippen LogP contribution < -0.4 is 4.74 Å². The van der Waals surface area contributed by atoms with Crippen molar-refractivity contribution >= 4 is 23.6 Å². The first-order valence-corrected chi connectivity index (χ1v) is 8.84. The van der Waals surface area contributed by atoms with Gasteiger partial charge in [0.15, 0.2) is 0 Å². The maximum Gasteiger partial charge on any atom is 0.308 e. The molecule has 0 spiro atoms. The van der Waals surface area contributed by atoms with Crippen LogP contribution in [0, 0.1) is 17.8 Å². The highest BCUT2D eigenvalue weighted by Gasteiger charge is 2.46. The van der Waals surface area contributed by atoms with Crippen molar-refractivity contribution in [1.82, 2.24) is 4.90 Å². The van der Waals surface area contributed by atoms with Crippen LogP contribution >= 0.6 is 11.8 Å². The van der Waals surface area contributed by atoms with Crippen LogP contribution in [0.25, 0.3) is 0 Å². The Hall–Kier alpha value is -1.69. The summed E-state index contributed by atoms with van der Waals surface area (Å²) in [4.78, 5) is 26.5. The molecule has 1 saturated heterocycles. The standard InChI is InChI=1S/C17H21NO4S/c1-22-12-3-2-4-13(7-12)23-10-16(19)18-8-14(11-5-6-11)15(9-18)17(20)21/h2-4,7,11,14-15H,5-6,8-10H2,1H3,(H,20,21)/t14-,15+/m1/s1. The number of hydrogen-bond donors (Lipinski definition) is 1. The summed E-state index contributed by atoms with van der Waals surface area (Å²) in [7, 11) is 1.61. The number of likely N-dealkylation sites (tertiary alicyclic amines) is 1. The SMILES string of the molecule is COc1cccc(SCC(=O)N2C[C@H](C(=O)O)[C@@H](C3CC3)C2)c1. The van der Waals surface area contributed by atoms with Crippen molar-refractivity contribution in [2.45, 2.75) is 17.7 Å². The lowest BCUT2D eigenvalue weighted by Crippen LogP contribution is -2.31. The fraction of sp³-hybridized carbons (Fsp3) is 0.529. The molecule has 1 aromatic carbocycles. The molecule has 1 aromatic rings. The second-order valence-corrected chi connectivity index (χ2v) is 7.26. The number of hydrogen-bond acceptors (Lipinski definition) is 4. The molecule has 23 heavy (non-hydrogen) atoms. The van der Waals surface area contributed by atoms with Crippen LogP contribution in [0.4, 0.5) is 0 Å². The van der Waals surface area contributed by atoms with Gasteiger partial charge in [-0.05, 0) is 42.9 Å². The van der Waals surface area contributed by atoms with Gasteiger partial charge in [0.1, 0.15) is 5.75 Å². The lowest BCUT2D eigenvalue weighted by atomic mass is 9.92. The van der Waals surface area contributed by atoms with E-state index in [4.69, 9.17) is 4.74 Å². The Labute approximate surface area is 140 Å². The van der Waals surface area contributed by atoms with E-state index in [9.17, 15) is 14.7 Å². The molecule has 1 saturated carbocycles. The summed E-state index contributed by atoms with van der Waals surface area (Å²) in [5.41, 5.74) is 0. The van der Waals surface area contributed by atoms with E-state index in [1.165, 1.54) is 11.8 Å². The van der Waals surface area contributed by atoms with Crippen molar-refractivity contribution in [2.24, 2.45) is 17.8 Å². The minimum absolute atomic E-state index is 0.0206. The zero-order valence-corrected chi connectivity index (χ0v) is 13.9. The van der Waals surface area contributed by atoms with Gasteiger partial charge in [0.2, 0.25) is 5.91 Å². The van der Waals surface area contributed by atoms with E-state index in [1.54, 1.807) is 12.0 Å². The topological polar surface area (TPSA) is 66.8 Å². The summed E-state index contributed by atoms with van der Waals surface area (Å²) in [5.74, 6) is 0.594. The van der Waals surface area contributed by atoms with Crippen LogP contribution in [0.2, 0.25) is 0 Å². The van der Waals surface area contributed by atoms with Crippen LogP contribution in [-0.4, -0.2) is 47.8 Å². The normalized spacial score (nSPS) is 23.8. The third-order valence-electron chi connectivity index (χ3n) is 4.67. The third kappa shape index (κ3) is 3.80. The molecule has 1 aliphatic carbocycles. The maximum atomic E-state index is 12.4. The monoisotopic (exact) mass is 335 g/mol. The van der Waals surface area contributed by atoms with Gasteiger partial charge in [-0.1, -0.05) is 6.07 Å². The number of carbonyl (C=O) groups is 2. The molecular weight excluding hydrogens is 314 g/mol. The van der Waals surface area contributed by atoms with E-state index >= 15 is 0 Å². The Morgan fingerprint density at radius 2 is 2.13 bits per heavy atom. The van der Waals surface area contributed by atoms with Gasteiger partial charge >= 0.3 is 5.97 Å². The fourth-order valence-electron chi connectivity index (χ4n) is 3.22. The van der Waals surface area contributed by atoms with Crippen molar-refractivity contribution in [3.05, 3.63) is 24.3 Å². The molecule has 2 fully saturated rings. The lowest BCUT2D eigenvalue weighted by molar-refractivity contribution is -0.142. The average molecular weight is 335 g/mol. The van der Waals surface area contributed by atoms with Crippen molar-refractivity contribution in [3.8, 4) is 5.75 Å². The summed E-state index contributed by atoms with van der Waals surface area (Å²) in [6.45, 7) is 0.952. The molecule has 0 unspecified atom stereocenters. The molecule has 1 amide bonds. The zero-order valence-electron chi connectivity index (χ0n) is 13.1. The van der Waals surface area contributed by atoms with Gasteiger partial charge in [-0.15, -0.1) is 11.8 Å². The van der Waals surface area contributed by atoms with E-state index in [1.807, 2.05) is 24.3 Å². The van der Waals surface area contributed by atoms with Crippen LogP contribution in [0.15, 0.2) is 29.2 Å². The predicted molar refractivity (Wildman–Crippen MR) is 87.6 cm³/mol. The molecule has 1 N–H and O–H groups in total. The Morgan fingerprint density at radius 1 is 1.35 bits per heavy atom. The highest BCUT2D eigenvalue weighted by Crippen LogP contribution is 2.44. The first-order chi connectivity index (χ1) is 11.1. The third-order valence-corrected chi connectivity index (χ3v) is 5.64. The van der Waals surface area contributed by atoms with Crippen molar-refractivity contribution in [1.29, 1.82) is 0 Å². The van der Waals surface area contributed by atoms with Crippen molar-refractivity contribution in [3.63, 3.8) is 0 Å². The van der Waals surface area contributed by atoms with E-state index in [2.05, 4.69) is 0 Å². The number of aliphatic carboxylic acids is 1. The molecule has 0 radical (unpaired) electrons. The summed E-state index contributed by atoms with van der Waals surface area (Å²) in [6.07, 6.45) is 2.21. The van der Waals surface area contributed by atoms with Gasteiger partial charge < -0.3 is 14.7 Å². The van der Waals surface area contributed by atoms with Crippen molar-refractivity contribution in [2.75, 3.05) is 26.0 Å². The number of amides is 1. The van der Waals surface area contributed by atoms with Crippen molar-refractivity contribution < 1.29 is 19.4 Å². The molecule has 1 heterocycles. The minimum atomic E-state index is -0.766. The van der Waals surface area contributed by atoms with Crippen LogP contribution in [-0.2, 0) is 9.59 Å². The molecule has 5 nitrogen and oxygen atoms in total. The number of carbonyl (C=O) groups excluding carboxylic acids is 1. The van der Waals surface area contributed by atoms with Gasteiger partial charge in [-0.3, -0.25) is 9.59 Å². The van der Waals surface area contributed by atoms with Gasteiger partial charge in [-0.2, -0.15) is 0 Å². The van der Waals surface area contributed by atoms with E-state index in [0.29, 0.717) is 24.8 Å². The number of methoxy groups -OCH3 is 1. The fourth-order valence-corrected chi connectivity index (χ4v) is 4.07. The van der Waals surface area contributed by atoms with Gasteiger partial charge in [0.05, 0.1) is 18.8 Å². The van der Waals surface area contributed by atoms with E-state index < -0.39 is 11.9 Å². The number of benzene rings is 1. The van der Waals surface area contributed by atoms with Gasteiger partial charge in [-0.25, -0.2) is 0 Å². The number of ether oxygens (including phenoxy) is 1. The first kappa shape index (κ1) is 16.2. The Morgan fingerprint density at radius 3 is 2.78 bits per heavy atom. The molecule has 124 valence electrons. The Balaban J connectivity index is 1.57. The minimum Gasteiger partial charge on any atom is -0.497 e. The second-order valence-electron chi connectivity index (χ2n) is 6.21. The Kier molecular flexibility index (Phi) is 4.80. The molecule has 2 atom stereocenters. The summed E-state index contributed by atoms with van der Waals surface area (Å²) >= 11 is 1.46. The zero-order chi connectivity index (χ0) is 16.4. The largest absolute Gasteiger partial charge is 0.497 e. The van der Waals surface area contributed by atoms with Crippen LogP contribution in [0.5, 0.6) is 5.75 Å². The number of thioether (sulfide) groups is 1. The number of nitrogens with zero attached hydrogens (tertiary/aromatic N) is 1. The maximum absolute atomic E-state index is 12.4. The average Bonchev–Trinajstić information content (AvgIpc) is 3.30. The quantitative estimate of drug-likeness (QED) is 0.809. The predicted octanol–water partition coefficient (Wildman–Crippen LogP) is 2.36. The first-order valence-electron chi connectivity index (χ1n) is 7.86. The molecule has 2 aliphatic rings. The number of carboxylic acids is 1. The molecule has 0 bridgehead atoms. The Bertz CT molecular complexity index is 602. The highest BCUT2D eigenvalue weighted by atomic mass is 32.2. The smallest absolute Gasteiger partial charge is 0.308 e. The van der Waals surface area contributed by atoms with E-state index in [0.717, 1.165) is 23.5 Å². The number of rotatable bonds is 6. The van der Waals surface area contributed by atoms with Crippen LogP contribution in [0.1, 0.15) is 12.8 Å². The molecular formula is C17H21NO4S. The summed E-state index contributed by atoms with van der Waals surface area (Å²) < 4.78 is 5.18. The van der Waals surface area contributed by atoms with E-state index in [-0.39, 0.29) is 11.8 Å².